The number of nitrogens with one attached hydrogen (secondary N) is 3. The molecule has 2 atom stereocenters. The number of aromatic nitrogens is 2. The largest absolute Gasteiger partial charge is 0.489 e. The van der Waals surface area contributed by atoms with Gasteiger partial charge in [-0.05, 0) is 80.8 Å². The summed E-state index contributed by atoms with van der Waals surface area (Å²) in [7, 11) is 0. The van der Waals surface area contributed by atoms with Gasteiger partial charge in [0.05, 0.1) is 23.4 Å². The number of ether oxygens (including phenoxy) is 1. The predicted molar refractivity (Wildman–Crippen MR) is 166 cm³/mol. The van der Waals surface area contributed by atoms with Crippen LogP contribution in [-0.4, -0.2) is 58.3 Å². The number of amides is 4. The smallest absolute Gasteiger partial charge is 0.424 e. The van der Waals surface area contributed by atoms with Gasteiger partial charge in [-0.15, -0.1) is 0 Å². The summed E-state index contributed by atoms with van der Waals surface area (Å²) in [6.07, 6.45) is -2.18. The second kappa shape index (κ2) is 11.7. The second-order valence-electron chi connectivity index (χ2n) is 12.2. The van der Waals surface area contributed by atoms with Crippen LogP contribution in [0.25, 0.3) is 22.2 Å². The number of aryl methyl sites for hydroxylation is 1. The van der Waals surface area contributed by atoms with Gasteiger partial charge in [-0.3, -0.25) is 14.6 Å². The number of carbonyl (C=O) groups excluding carboxylic acids is 3. The summed E-state index contributed by atoms with van der Waals surface area (Å²) in [6, 6.07) is 9.38. The van der Waals surface area contributed by atoms with Crippen molar-refractivity contribution in [1.82, 2.24) is 20.6 Å². The fourth-order valence-electron chi connectivity index (χ4n) is 5.41. The lowest BCUT2D eigenvalue weighted by Crippen LogP contribution is -2.51. The number of benzene rings is 2. The first-order chi connectivity index (χ1) is 22.6. The SMILES string of the molecule is Cc1cnc2c(NC(=O)NC3CC3)cc(C(=O)NCC(O)(c3cc4c(c(-c5ccc(F)cc5)n3)OC[C@]4(C)C(N)=O)C(F)(F)F)cc2c1. The van der Waals surface area contributed by atoms with E-state index < -0.39 is 53.1 Å². The lowest BCUT2D eigenvalue weighted by Gasteiger charge is -2.31. The molecule has 15 heteroatoms. The van der Waals surface area contributed by atoms with E-state index in [-0.39, 0.29) is 46.5 Å². The molecule has 0 saturated heterocycles. The summed E-state index contributed by atoms with van der Waals surface area (Å²) in [6.45, 7) is 1.42. The number of rotatable bonds is 8. The van der Waals surface area contributed by atoms with Crippen LogP contribution in [0.2, 0.25) is 0 Å². The van der Waals surface area contributed by atoms with E-state index in [4.69, 9.17) is 10.5 Å². The Bertz CT molecular complexity index is 1970. The monoisotopic (exact) mass is 666 g/mol. The molecule has 0 bridgehead atoms. The summed E-state index contributed by atoms with van der Waals surface area (Å²) in [5.74, 6) is -2.57. The van der Waals surface area contributed by atoms with Crippen molar-refractivity contribution in [2.75, 3.05) is 18.5 Å². The van der Waals surface area contributed by atoms with Crippen LogP contribution in [0.5, 0.6) is 5.75 Å². The van der Waals surface area contributed by atoms with E-state index >= 15 is 0 Å². The van der Waals surface area contributed by atoms with Crippen LogP contribution in [0.15, 0.2) is 54.7 Å². The molecule has 1 aliphatic heterocycles. The Kier molecular flexibility index (Phi) is 7.98. The first-order valence-electron chi connectivity index (χ1n) is 14.9. The number of hydrogen-bond donors (Lipinski definition) is 5. The summed E-state index contributed by atoms with van der Waals surface area (Å²) in [5.41, 5.74) is 0.275. The van der Waals surface area contributed by atoms with E-state index in [0.717, 1.165) is 36.6 Å². The lowest BCUT2D eigenvalue weighted by molar-refractivity contribution is -0.265. The number of nitrogens with zero attached hydrogens (tertiary/aromatic N) is 2. The zero-order valence-electron chi connectivity index (χ0n) is 25.7. The number of hydrogen-bond acceptors (Lipinski definition) is 7. The zero-order chi connectivity index (χ0) is 34.6. The van der Waals surface area contributed by atoms with Gasteiger partial charge in [0, 0.05) is 34.3 Å². The number of anilines is 1. The molecule has 2 aromatic carbocycles. The molecule has 1 fully saturated rings. The molecule has 6 N–H and O–H groups in total. The number of alkyl halides is 3. The third-order valence-electron chi connectivity index (χ3n) is 8.47. The highest BCUT2D eigenvalue weighted by Gasteiger charge is 2.57. The van der Waals surface area contributed by atoms with Gasteiger partial charge >= 0.3 is 12.2 Å². The highest BCUT2D eigenvalue weighted by molar-refractivity contribution is 6.05. The van der Waals surface area contributed by atoms with Gasteiger partial charge in [0.15, 0.2) is 0 Å². The lowest BCUT2D eigenvalue weighted by atomic mass is 9.81. The summed E-state index contributed by atoms with van der Waals surface area (Å²) in [4.78, 5) is 46.9. The van der Waals surface area contributed by atoms with E-state index in [2.05, 4.69) is 25.9 Å². The Balaban J connectivity index is 1.38. The molecule has 6 rings (SSSR count). The number of carbonyl (C=O) groups is 3. The topological polar surface area (TPSA) is 169 Å². The highest BCUT2D eigenvalue weighted by Crippen LogP contribution is 2.47. The fourth-order valence-corrected chi connectivity index (χ4v) is 5.41. The molecule has 2 aliphatic rings. The van der Waals surface area contributed by atoms with Crippen molar-refractivity contribution in [2.24, 2.45) is 5.73 Å². The third kappa shape index (κ3) is 5.96. The molecular formula is C33H30F4N6O5. The number of aliphatic hydroxyl groups is 1. The minimum Gasteiger partial charge on any atom is -0.489 e. The Labute approximate surface area is 270 Å². The molecule has 11 nitrogen and oxygen atoms in total. The second-order valence-corrected chi connectivity index (χ2v) is 12.2. The number of pyridine rings is 2. The van der Waals surface area contributed by atoms with Gasteiger partial charge in [-0.1, -0.05) is 0 Å². The Hall–Kier alpha value is -5.31. The minimum atomic E-state index is -5.40. The standard InChI is InChI=1S/C33H30F4N6O5/c1-16-9-18-10-19(11-23(25(18)39-13-16)42-30(46)41-21-7-8-21)28(44)40-14-32(47,33(35,36)37)24-12-22-27(48-15-31(22,2)29(38)45)26(43-24)17-3-5-20(34)6-4-17/h3-6,9-13,21,47H,7-8,14-15H2,1-2H3,(H2,38,45)(H,40,44)(H2,41,42,46)/t31-,32?/m0/s1. The van der Waals surface area contributed by atoms with Crippen molar-refractivity contribution in [3.63, 3.8) is 0 Å². The van der Waals surface area contributed by atoms with E-state index in [1.54, 1.807) is 19.2 Å². The van der Waals surface area contributed by atoms with E-state index in [1.165, 1.54) is 31.2 Å². The van der Waals surface area contributed by atoms with E-state index in [9.17, 15) is 37.1 Å². The molecule has 4 aromatic rings. The molecule has 0 radical (unpaired) electrons. The van der Waals surface area contributed by atoms with Gasteiger partial charge < -0.3 is 31.5 Å². The molecule has 1 aliphatic carbocycles. The average Bonchev–Trinajstić information content (AvgIpc) is 3.78. The van der Waals surface area contributed by atoms with E-state index in [1.807, 2.05) is 0 Å². The Morgan fingerprint density at radius 1 is 1.10 bits per heavy atom. The van der Waals surface area contributed by atoms with Crippen LogP contribution >= 0.6 is 0 Å². The van der Waals surface area contributed by atoms with Gasteiger partial charge in [-0.2, -0.15) is 13.2 Å². The Morgan fingerprint density at radius 2 is 1.81 bits per heavy atom. The average molecular weight is 667 g/mol. The summed E-state index contributed by atoms with van der Waals surface area (Å²) >= 11 is 0. The van der Waals surface area contributed by atoms with Gasteiger partial charge in [-0.25, -0.2) is 14.2 Å². The molecule has 4 amide bonds. The minimum absolute atomic E-state index is 0.0294. The molecule has 1 saturated carbocycles. The summed E-state index contributed by atoms with van der Waals surface area (Å²) < 4.78 is 63.9. The number of nitrogens with two attached hydrogens (primary N) is 1. The summed E-state index contributed by atoms with van der Waals surface area (Å²) in [5, 5.41) is 19.3. The van der Waals surface area contributed by atoms with Crippen molar-refractivity contribution in [3.05, 3.63) is 82.9 Å². The molecule has 1 unspecified atom stereocenters. The molecular weight excluding hydrogens is 636 g/mol. The van der Waals surface area contributed by atoms with Gasteiger partial charge in [0.25, 0.3) is 5.91 Å². The van der Waals surface area contributed by atoms with Crippen LogP contribution in [0, 0.1) is 12.7 Å². The number of primary amides is 1. The maximum absolute atomic E-state index is 14.8. The number of urea groups is 1. The maximum Gasteiger partial charge on any atom is 0.424 e. The Morgan fingerprint density at radius 3 is 2.46 bits per heavy atom. The van der Waals surface area contributed by atoms with Crippen LogP contribution in [0.1, 0.15) is 46.9 Å². The first-order valence-corrected chi connectivity index (χ1v) is 14.9. The van der Waals surface area contributed by atoms with Crippen LogP contribution in [0.3, 0.4) is 0 Å². The normalized spacial score (nSPS) is 18.4. The quantitative estimate of drug-likeness (QED) is 0.174. The van der Waals surface area contributed by atoms with Crippen LogP contribution in [-0.2, 0) is 15.8 Å². The number of halogens is 4. The van der Waals surface area contributed by atoms with E-state index in [0.29, 0.717) is 10.9 Å². The maximum atomic E-state index is 14.8. The molecule has 250 valence electrons. The predicted octanol–water partition coefficient (Wildman–Crippen LogP) is 4.34. The molecule has 2 aromatic heterocycles. The van der Waals surface area contributed by atoms with Crippen molar-refractivity contribution >= 4 is 34.4 Å². The van der Waals surface area contributed by atoms with Crippen molar-refractivity contribution in [3.8, 4) is 17.0 Å². The fraction of sp³-hybridized carbons (Fsp3) is 0.303. The highest BCUT2D eigenvalue weighted by atomic mass is 19.4. The first kappa shape index (κ1) is 32.6. The van der Waals surface area contributed by atoms with Gasteiger partial charge in [0.1, 0.15) is 29.3 Å². The van der Waals surface area contributed by atoms with Crippen molar-refractivity contribution < 1.29 is 41.8 Å². The molecule has 48 heavy (non-hydrogen) atoms. The van der Waals surface area contributed by atoms with Crippen molar-refractivity contribution in [2.45, 2.75) is 49.9 Å². The molecule has 0 spiro atoms. The van der Waals surface area contributed by atoms with Crippen molar-refractivity contribution in [1.29, 1.82) is 0 Å². The zero-order valence-corrected chi connectivity index (χ0v) is 25.7. The molecule has 3 heterocycles. The van der Waals surface area contributed by atoms with Gasteiger partial charge in [0.2, 0.25) is 11.5 Å². The van der Waals surface area contributed by atoms with Crippen LogP contribution in [0.4, 0.5) is 28.0 Å². The third-order valence-corrected chi connectivity index (χ3v) is 8.47. The number of fused-ring (bicyclic) bond motifs is 2. The van der Waals surface area contributed by atoms with Crippen LogP contribution < -0.4 is 26.4 Å².